The first-order chi connectivity index (χ1) is 7.36. The maximum Gasteiger partial charge on any atom is 0.0700 e. The first-order valence-electron chi connectivity index (χ1n) is 5.61. The first kappa shape index (κ1) is 10.6. The van der Waals surface area contributed by atoms with Gasteiger partial charge in [-0.3, -0.25) is 4.98 Å². The molecule has 1 aromatic rings. The highest BCUT2D eigenvalue weighted by atomic mass is 16.5. The summed E-state index contributed by atoms with van der Waals surface area (Å²) in [5.74, 6) is 0. The second-order valence-corrected chi connectivity index (χ2v) is 4.05. The van der Waals surface area contributed by atoms with Crippen LogP contribution in [0.3, 0.4) is 0 Å². The Labute approximate surface area is 90.9 Å². The van der Waals surface area contributed by atoms with Gasteiger partial charge in [0, 0.05) is 31.6 Å². The van der Waals surface area contributed by atoms with Crippen molar-refractivity contribution in [3.05, 3.63) is 30.1 Å². The van der Waals surface area contributed by atoms with Gasteiger partial charge >= 0.3 is 0 Å². The quantitative estimate of drug-likeness (QED) is 0.817. The van der Waals surface area contributed by atoms with Gasteiger partial charge in [-0.05, 0) is 31.4 Å². The van der Waals surface area contributed by atoms with Crippen molar-refractivity contribution >= 4 is 0 Å². The molecule has 0 aliphatic carbocycles. The van der Waals surface area contributed by atoms with Crippen LogP contribution in [-0.4, -0.2) is 24.2 Å². The van der Waals surface area contributed by atoms with E-state index < -0.39 is 0 Å². The second-order valence-electron chi connectivity index (χ2n) is 4.05. The van der Waals surface area contributed by atoms with Crippen molar-refractivity contribution in [2.75, 3.05) is 13.2 Å². The van der Waals surface area contributed by atoms with E-state index in [4.69, 9.17) is 4.74 Å². The van der Waals surface area contributed by atoms with Gasteiger partial charge in [0.1, 0.15) is 0 Å². The lowest BCUT2D eigenvalue weighted by atomic mass is 10.1. The molecule has 3 nitrogen and oxygen atoms in total. The number of nitrogens with zero attached hydrogens (tertiary/aromatic N) is 1. The van der Waals surface area contributed by atoms with Crippen molar-refractivity contribution in [2.24, 2.45) is 0 Å². The summed E-state index contributed by atoms with van der Waals surface area (Å²) in [6.07, 6.45) is 6.51. The molecule has 2 heterocycles. The summed E-state index contributed by atoms with van der Waals surface area (Å²) in [6.45, 7) is 4.02. The van der Waals surface area contributed by atoms with Crippen LogP contribution in [0.1, 0.15) is 31.4 Å². The summed E-state index contributed by atoms with van der Waals surface area (Å²) in [5, 5.41) is 3.48. The minimum absolute atomic E-state index is 0.350. The van der Waals surface area contributed by atoms with Crippen molar-refractivity contribution in [3.63, 3.8) is 0 Å². The summed E-state index contributed by atoms with van der Waals surface area (Å²) in [4.78, 5) is 4.11. The normalized spacial score (nSPS) is 22.9. The smallest absolute Gasteiger partial charge is 0.0700 e. The molecule has 1 aliphatic rings. The van der Waals surface area contributed by atoms with E-state index in [0.29, 0.717) is 12.1 Å². The summed E-state index contributed by atoms with van der Waals surface area (Å²) in [5.41, 5.74) is 1.23. The zero-order valence-corrected chi connectivity index (χ0v) is 9.15. The minimum atomic E-state index is 0.350. The minimum Gasteiger partial charge on any atom is -0.377 e. The van der Waals surface area contributed by atoms with E-state index in [2.05, 4.69) is 23.3 Å². The molecule has 0 aromatic carbocycles. The molecular formula is C12H18N2O. The van der Waals surface area contributed by atoms with Crippen LogP contribution in [0.25, 0.3) is 0 Å². The van der Waals surface area contributed by atoms with Gasteiger partial charge in [-0.2, -0.15) is 0 Å². The van der Waals surface area contributed by atoms with E-state index >= 15 is 0 Å². The van der Waals surface area contributed by atoms with Crippen LogP contribution in [0.4, 0.5) is 0 Å². The van der Waals surface area contributed by atoms with Gasteiger partial charge in [-0.15, -0.1) is 0 Å². The van der Waals surface area contributed by atoms with Crippen LogP contribution in [0.15, 0.2) is 24.5 Å². The summed E-state index contributed by atoms with van der Waals surface area (Å²) in [6, 6.07) is 4.42. The number of nitrogens with one attached hydrogen (secondary N) is 1. The highest BCUT2D eigenvalue weighted by Crippen LogP contribution is 2.14. The number of aromatic nitrogens is 1. The van der Waals surface area contributed by atoms with Crippen LogP contribution >= 0.6 is 0 Å². The Kier molecular flexibility index (Phi) is 3.69. The fourth-order valence-electron chi connectivity index (χ4n) is 1.86. The molecule has 1 fully saturated rings. The Hall–Kier alpha value is -0.930. The van der Waals surface area contributed by atoms with Gasteiger partial charge in [0.15, 0.2) is 0 Å². The third-order valence-corrected chi connectivity index (χ3v) is 2.86. The van der Waals surface area contributed by atoms with Crippen LogP contribution in [-0.2, 0) is 4.74 Å². The standard InChI is InChI=1S/C12H18N2O/c1-10(11-4-2-6-13-8-11)14-9-12-5-3-7-15-12/h2,4,6,8,10,12,14H,3,5,7,9H2,1H3/t10-,12-/m1/s1. The Morgan fingerprint density at radius 1 is 1.67 bits per heavy atom. The molecule has 3 heteroatoms. The van der Waals surface area contributed by atoms with Crippen LogP contribution in [0, 0.1) is 0 Å². The van der Waals surface area contributed by atoms with Gasteiger partial charge < -0.3 is 10.1 Å². The number of pyridine rings is 1. The van der Waals surface area contributed by atoms with E-state index in [1.165, 1.54) is 18.4 Å². The van der Waals surface area contributed by atoms with Crippen molar-refractivity contribution in [2.45, 2.75) is 31.9 Å². The molecule has 1 aliphatic heterocycles. The van der Waals surface area contributed by atoms with Crippen molar-refractivity contribution < 1.29 is 4.74 Å². The van der Waals surface area contributed by atoms with Crippen molar-refractivity contribution in [1.82, 2.24) is 10.3 Å². The van der Waals surface area contributed by atoms with E-state index in [1.54, 1.807) is 6.20 Å². The molecule has 1 N–H and O–H groups in total. The lowest BCUT2D eigenvalue weighted by Crippen LogP contribution is -2.28. The van der Waals surface area contributed by atoms with Gasteiger partial charge in [0.25, 0.3) is 0 Å². The second kappa shape index (κ2) is 5.24. The van der Waals surface area contributed by atoms with E-state index in [-0.39, 0.29) is 0 Å². The maximum atomic E-state index is 5.56. The topological polar surface area (TPSA) is 34.1 Å². The average Bonchev–Trinajstić information content (AvgIpc) is 2.80. The Balaban J connectivity index is 1.79. The predicted molar refractivity (Wildman–Crippen MR) is 59.6 cm³/mol. The third-order valence-electron chi connectivity index (χ3n) is 2.86. The lowest BCUT2D eigenvalue weighted by Gasteiger charge is -2.16. The number of ether oxygens (including phenoxy) is 1. The van der Waals surface area contributed by atoms with Gasteiger partial charge in [-0.1, -0.05) is 6.07 Å². The number of hydrogen-bond donors (Lipinski definition) is 1. The van der Waals surface area contributed by atoms with Crippen molar-refractivity contribution in [1.29, 1.82) is 0 Å². The van der Waals surface area contributed by atoms with E-state index in [9.17, 15) is 0 Å². The molecule has 2 rings (SSSR count). The highest BCUT2D eigenvalue weighted by molar-refractivity contribution is 5.12. The van der Waals surface area contributed by atoms with Gasteiger partial charge in [0.05, 0.1) is 6.10 Å². The Bertz CT molecular complexity index is 283. The Morgan fingerprint density at radius 3 is 3.27 bits per heavy atom. The molecule has 2 atom stereocenters. The Morgan fingerprint density at radius 2 is 2.60 bits per heavy atom. The lowest BCUT2D eigenvalue weighted by molar-refractivity contribution is 0.108. The van der Waals surface area contributed by atoms with Gasteiger partial charge in [0.2, 0.25) is 0 Å². The number of rotatable bonds is 4. The maximum absolute atomic E-state index is 5.56. The summed E-state index contributed by atoms with van der Waals surface area (Å²) < 4.78 is 5.56. The first-order valence-corrected chi connectivity index (χ1v) is 5.61. The zero-order chi connectivity index (χ0) is 10.5. The fourth-order valence-corrected chi connectivity index (χ4v) is 1.86. The zero-order valence-electron chi connectivity index (χ0n) is 9.15. The highest BCUT2D eigenvalue weighted by Gasteiger charge is 2.16. The molecular weight excluding hydrogens is 188 g/mol. The average molecular weight is 206 g/mol. The molecule has 0 spiro atoms. The van der Waals surface area contributed by atoms with E-state index in [1.807, 2.05) is 12.3 Å². The summed E-state index contributed by atoms with van der Waals surface area (Å²) in [7, 11) is 0. The monoisotopic (exact) mass is 206 g/mol. The molecule has 82 valence electrons. The SMILES string of the molecule is C[C@@H](NC[C@H]1CCCO1)c1cccnc1. The molecule has 15 heavy (non-hydrogen) atoms. The van der Waals surface area contributed by atoms with E-state index in [0.717, 1.165) is 13.2 Å². The third kappa shape index (κ3) is 3.01. The molecule has 0 radical (unpaired) electrons. The largest absolute Gasteiger partial charge is 0.377 e. The molecule has 0 unspecified atom stereocenters. The molecule has 0 saturated carbocycles. The van der Waals surface area contributed by atoms with Crippen LogP contribution < -0.4 is 5.32 Å². The molecule has 1 aromatic heterocycles. The number of hydrogen-bond acceptors (Lipinski definition) is 3. The summed E-state index contributed by atoms with van der Waals surface area (Å²) >= 11 is 0. The van der Waals surface area contributed by atoms with Gasteiger partial charge in [-0.25, -0.2) is 0 Å². The van der Waals surface area contributed by atoms with Crippen LogP contribution in [0.5, 0.6) is 0 Å². The predicted octanol–water partition coefficient (Wildman–Crippen LogP) is 1.91. The molecule has 1 saturated heterocycles. The van der Waals surface area contributed by atoms with Crippen molar-refractivity contribution in [3.8, 4) is 0 Å². The molecule has 0 bridgehead atoms. The fraction of sp³-hybridized carbons (Fsp3) is 0.583. The van der Waals surface area contributed by atoms with Crippen LogP contribution in [0.2, 0.25) is 0 Å². The molecule has 0 amide bonds.